The van der Waals surface area contributed by atoms with Crippen LogP contribution >= 0.6 is 15.9 Å². The monoisotopic (exact) mass is 257 g/mol. The summed E-state index contributed by atoms with van der Waals surface area (Å²) in [4.78, 5) is 0. The summed E-state index contributed by atoms with van der Waals surface area (Å²) in [5, 5.41) is 3.29. The molecule has 0 amide bonds. The maximum Gasteiger partial charge on any atom is 0.127 e. The van der Waals surface area contributed by atoms with E-state index in [0.29, 0.717) is 5.92 Å². The summed E-state index contributed by atoms with van der Waals surface area (Å²) in [7, 11) is 0. The van der Waals surface area contributed by atoms with E-state index < -0.39 is 0 Å². The molecule has 0 bridgehead atoms. The van der Waals surface area contributed by atoms with Crippen molar-refractivity contribution in [2.45, 2.75) is 18.8 Å². The molecular formula is C11H13BrFN. The summed E-state index contributed by atoms with van der Waals surface area (Å²) in [6.45, 7) is 1.98. The number of nitrogens with one attached hydrogen (secondary N) is 1. The van der Waals surface area contributed by atoms with Gasteiger partial charge in [-0.2, -0.15) is 0 Å². The first kappa shape index (κ1) is 10.1. The van der Waals surface area contributed by atoms with Crippen molar-refractivity contribution in [2.24, 2.45) is 0 Å². The number of hydrogen-bond donors (Lipinski definition) is 1. The molecular weight excluding hydrogens is 245 g/mol. The topological polar surface area (TPSA) is 12.0 Å². The van der Waals surface area contributed by atoms with Crippen LogP contribution in [0, 0.1) is 5.82 Å². The minimum atomic E-state index is -0.0775. The van der Waals surface area contributed by atoms with Crippen molar-refractivity contribution in [1.29, 1.82) is 0 Å². The highest BCUT2D eigenvalue weighted by Crippen LogP contribution is 2.32. The van der Waals surface area contributed by atoms with Gasteiger partial charge in [0.15, 0.2) is 0 Å². The van der Waals surface area contributed by atoms with Crippen LogP contribution in [0.4, 0.5) is 4.39 Å². The van der Waals surface area contributed by atoms with E-state index in [2.05, 4.69) is 21.2 Å². The Morgan fingerprint density at radius 1 is 1.29 bits per heavy atom. The number of hydrogen-bond acceptors (Lipinski definition) is 1. The van der Waals surface area contributed by atoms with Gasteiger partial charge in [0.1, 0.15) is 5.82 Å². The molecule has 0 radical (unpaired) electrons. The van der Waals surface area contributed by atoms with Crippen LogP contribution in [0.25, 0.3) is 0 Å². The number of rotatable bonds is 1. The quantitative estimate of drug-likeness (QED) is 0.816. The van der Waals surface area contributed by atoms with Gasteiger partial charge in [0.25, 0.3) is 0 Å². The van der Waals surface area contributed by atoms with Crippen LogP contribution in [0.2, 0.25) is 0 Å². The predicted octanol–water partition coefficient (Wildman–Crippen LogP) is 3.06. The van der Waals surface area contributed by atoms with E-state index >= 15 is 0 Å². The van der Waals surface area contributed by atoms with Crippen molar-refractivity contribution in [3.8, 4) is 0 Å². The molecule has 1 N–H and O–H groups in total. The van der Waals surface area contributed by atoms with Crippen LogP contribution in [0.15, 0.2) is 22.7 Å². The fourth-order valence-corrected chi connectivity index (χ4v) is 2.68. The number of halogens is 2. The average Bonchev–Trinajstić information content (AvgIpc) is 2.19. The molecule has 1 aliphatic rings. The van der Waals surface area contributed by atoms with E-state index in [1.165, 1.54) is 0 Å². The Morgan fingerprint density at radius 3 is 2.64 bits per heavy atom. The van der Waals surface area contributed by atoms with Gasteiger partial charge in [0, 0.05) is 10.0 Å². The smallest absolute Gasteiger partial charge is 0.127 e. The van der Waals surface area contributed by atoms with E-state index in [0.717, 1.165) is 36.0 Å². The standard InChI is InChI=1S/C11H13BrFN/c12-9-2-1-3-10(13)11(9)8-4-6-14-7-5-8/h1-3,8,14H,4-7H2. The Labute approximate surface area is 91.8 Å². The van der Waals surface area contributed by atoms with Crippen LogP contribution in [0.3, 0.4) is 0 Å². The lowest BCUT2D eigenvalue weighted by molar-refractivity contribution is 0.443. The Morgan fingerprint density at radius 2 is 2.00 bits per heavy atom. The summed E-state index contributed by atoms with van der Waals surface area (Å²) < 4.78 is 14.5. The van der Waals surface area contributed by atoms with Gasteiger partial charge in [0.2, 0.25) is 0 Å². The van der Waals surface area contributed by atoms with Crippen molar-refractivity contribution >= 4 is 15.9 Å². The third-order valence-corrected chi connectivity index (χ3v) is 3.44. The van der Waals surface area contributed by atoms with Crippen molar-refractivity contribution < 1.29 is 4.39 Å². The zero-order valence-electron chi connectivity index (χ0n) is 7.89. The molecule has 1 saturated heterocycles. The Balaban J connectivity index is 2.29. The first-order valence-corrected chi connectivity index (χ1v) is 5.73. The van der Waals surface area contributed by atoms with E-state index in [1.807, 2.05) is 6.07 Å². The number of piperidine rings is 1. The molecule has 1 fully saturated rings. The minimum Gasteiger partial charge on any atom is -0.317 e. The van der Waals surface area contributed by atoms with Crippen molar-refractivity contribution in [3.63, 3.8) is 0 Å². The summed E-state index contributed by atoms with van der Waals surface area (Å²) in [6, 6.07) is 5.20. The SMILES string of the molecule is Fc1cccc(Br)c1C1CCNCC1. The van der Waals surface area contributed by atoms with Gasteiger partial charge in [-0.05, 0) is 44.0 Å². The lowest BCUT2D eigenvalue weighted by atomic mass is 9.90. The van der Waals surface area contributed by atoms with Crippen LogP contribution in [0.1, 0.15) is 24.3 Å². The molecule has 1 aromatic rings. The largest absolute Gasteiger partial charge is 0.317 e. The van der Waals surface area contributed by atoms with Crippen LogP contribution in [0.5, 0.6) is 0 Å². The molecule has 0 saturated carbocycles. The van der Waals surface area contributed by atoms with Gasteiger partial charge in [-0.25, -0.2) is 4.39 Å². The first-order valence-electron chi connectivity index (χ1n) is 4.93. The van der Waals surface area contributed by atoms with Crippen LogP contribution in [-0.4, -0.2) is 13.1 Å². The third kappa shape index (κ3) is 1.98. The molecule has 1 aliphatic heterocycles. The highest BCUT2D eigenvalue weighted by Gasteiger charge is 2.20. The summed E-state index contributed by atoms with van der Waals surface area (Å²) in [6.07, 6.45) is 2.05. The van der Waals surface area contributed by atoms with Crippen molar-refractivity contribution in [1.82, 2.24) is 5.32 Å². The summed E-state index contributed by atoms with van der Waals surface area (Å²) in [5.41, 5.74) is 0.856. The van der Waals surface area contributed by atoms with Crippen molar-refractivity contribution in [3.05, 3.63) is 34.1 Å². The molecule has 3 heteroatoms. The summed E-state index contributed by atoms with van der Waals surface area (Å²) in [5.74, 6) is 0.290. The highest BCUT2D eigenvalue weighted by atomic mass is 79.9. The van der Waals surface area contributed by atoms with Gasteiger partial charge >= 0.3 is 0 Å². The van der Waals surface area contributed by atoms with Gasteiger partial charge in [-0.3, -0.25) is 0 Å². The second kappa shape index (κ2) is 4.41. The fraction of sp³-hybridized carbons (Fsp3) is 0.455. The minimum absolute atomic E-state index is 0.0775. The molecule has 76 valence electrons. The van der Waals surface area contributed by atoms with Gasteiger partial charge in [-0.1, -0.05) is 22.0 Å². The molecule has 0 unspecified atom stereocenters. The van der Waals surface area contributed by atoms with E-state index in [4.69, 9.17) is 0 Å². The lowest BCUT2D eigenvalue weighted by Gasteiger charge is -2.24. The molecule has 2 rings (SSSR count). The van der Waals surface area contributed by atoms with E-state index in [9.17, 15) is 4.39 Å². The van der Waals surface area contributed by atoms with Gasteiger partial charge in [-0.15, -0.1) is 0 Å². The Bertz CT molecular complexity index is 301. The van der Waals surface area contributed by atoms with Crippen molar-refractivity contribution in [2.75, 3.05) is 13.1 Å². The van der Waals surface area contributed by atoms with E-state index in [-0.39, 0.29) is 5.82 Å². The lowest BCUT2D eigenvalue weighted by Crippen LogP contribution is -2.27. The molecule has 14 heavy (non-hydrogen) atoms. The van der Waals surface area contributed by atoms with Gasteiger partial charge in [0.05, 0.1) is 0 Å². The molecule has 1 aromatic carbocycles. The molecule has 1 nitrogen and oxygen atoms in total. The first-order chi connectivity index (χ1) is 6.79. The van der Waals surface area contributed by atoms with Gasteiger partial charge < -0.3 is 5.32 Å². The van der Waals surface area contributed by atoms with Crippen LogP contribution in [-0.2, 0) is 0 Å². The maximum atomic E-state index is 13.6. The predicted molar refractivity (Wildman–Crippen MR) is 58.9 cm³/mol. The molecule has 1 heterocycles. The van der Waals surface area contributed by atoms with E-state index in [1.54, 1.807) is 12.1 Å². The normalized spacial score (nSPS) is 18.4. The zero-order valence-corrected chi connectivity index (χ0v) is 9.48. The molecule has 0 spiro atoms. The molecule has 0 aromatic heterocycles. The molecule has 0 atom stereocenters. The second-order valence-corrected chi connectivity index (χ2v) is 4.51. The zero-order chi connectivity index (χ0) is 9.97. The number of benzene rings is 1. The van der Waals surface area contributed by atoms with Crippen LogP contribution < -0.4 is 5.32 Å². The molecule has 0 aliphatic carbocycles. The fourth-order valence-electron chi connectivity index (χ4n) is 2.01. The highest BCUT2D eigenvalue weighted by molar-refractivity contribution is 9.10. The third-order valence-electron chi connectivity index (χ3n) is 2.75. The maximum absolute atomic E-state index is 13.6. The summed E-state index contributed by atoms with van der Waals surface area (Å²) >= 11 is 3.42. The Kier molecular flexibility index (Phi) is 3.19. The average molecular weight is 258 g/mol. The Hall–Kier alpha value is -0.410. The second-order valence-electron chi connectivity index (χ2n) is 3.66.